The predicted molar refractivity (Wildman–Crippen MR) is 46.6 cm³/mol. The zero-order valence-electron chi connectivity index (χ0n) is 8.06. The highest BCUT2D eigenvalue weighted by Gasteiger charge is 2.48. The first-order chi connectivity index (χ1) is 6.11. The van der Waals surface area contributed by atoms with E-state index in [9.17, 15) is 9.90 Å². The first kappa shape index (κ1) is 9.00. The van der Waals surface area contributed by atoms with Crippen molar-refractivity contribution in [3.63, 3.8) is 0 Å². The van der Waals surface area contributed by atoms with Crippen molar-refractivity contribution in [2.75, 3.05) is 0 Å². The highest BCUT2D eigenvalue weighted by atomic mass is 16.6. The average Bonchev–Trinajstić information content (AvgIpc) is 2.44. The summed E-state index contributed by atoms with van der Waals surface area (Å²) in [6.07, 6.45) is 1.26. The maximum absolute atomic E-state index is 11.5. The van der Waals surface area contributed by atoms with Gasteiger partial charge in [0.05, 0.1) is 5.92 Å². The standard InChI is InChI=1S/C10H16O3/c1-5-3-4-7-6(2)9(11)13-10(12)8(5)7/h5-9,11H,3-4H2,1-2H3/t5-,6?,7?,8?,9?/m0/s1. The van der Waals surface area contributed by atoms with Gasteiger partial charge in [-0.2, -0.15) is 0 Å². The summed E-state index contributed by atoms with van der Waals surface area (Å²) in [7, 11) is 0. The smallest absolute Gasteiger partial charge is 0.311 e. The number of esters is 1. The molecule has 2 rings (SSSR count). The van der Waals surface area contributed by atoms with Gasteiger partial charge in [-0.1, -0.05) is 13.8 Å². The van der Waals surface area contributed by atoms with Gasteiger partial charge in [-0.3, -0.25) is 4.79 Å². The molecule has 2 aliphatic rings. The number of aliphatic hydroxyl groups excluding tert-OH is 1. The molecule has 1 aliphatic heterocycles. The largest absolute Gasteiger partial charge is 0.435 e. The Morgan fingerprint density at radius 2 is 2.08 bits per heavy atom. The fourth-order valence-corrected chi connectivity index (χ4v) is 2.75. The summed E-state index contributed by atoms with van der Waals surface area (Å²) < 4.78 is 4.90. The molecule has 1 aliphatic carbocycles. The Balaban J connectivity index is 2.21. The molecule has 2 fully saturated rings. The van der Waals surface area contributed by atoms with Crippen LogP contribution in [0.15, 0.2) is 0 Å². The van der Waals surface area contributed by atoms with E-state index in [0.717, 1.165) is 12.8 Å². The van der Waals surface area contributed by atoms with Crippen LogP contribution in [0.3, 0.4) is 0 Å². The van der Waals surface area contributed by atoms with Crippen molar-refractivity contribution in [1.29, 1.82) is 0 Å². The van der Waals surface area contributed by atoms with Crippen LogP contribution in [0.5, 0.6) is 0 Å². The Hall–Kier alpha value is -0.570. The molecule has 0 bridgehead atoms. The van der Waals surface area contributed by atoms with Gasteiger partial charge in [-0.15, -0.1) is 0 Å². The van der Waals surface area contributed by atoms with Gasteiger partial charge in [0.25, 0.3) is 0 Å². The van der Waals surface area contributed by atoms with Crippen LogP contribution >= 0.6 is 0 Å². The number of fused-ring (bicyclic) bond motifs is 1. The molecule has 1 saturated heterocycles. The number of carbonyl (C=O) groups is 1. The maximum atomic E-state index is 11.5. The number of hydrogen-bond acceptors (Lipinski definition) is 3. The number of cyclic esters (lactones) is 1. The van der Waals surface area contributed by atoms with E-state index in [1.165, 1.54) is 0 Å². The van der Waals surface area contributed by atoms with E-state index in [1.54, 1.807) is 0 Å². The zero-order chi connectivity index (χ0) is 9.59. The van der Waals surface area contributed by atoms with Crippen molar-refractivity contribution < 1.29 is 14.6 Å². The first-order valence-corrected chi connectivity index (χ1v) is 5.00. The molecule has 0 aromatic carbocycles. The molecule has 1 saturated carbocycles. The van der Waals surface area contributed by atoms with Crippen LogP contribution in [-0.2, 0) is 9.53 Å². The Kier molecular flexibility index (Phi) is 2.06. The van der Waals surface area contributed by atoms with Gasteiger partial charge in [-0.25, -0.2) is 0 Å². The lowest BCUT2D eigenvalue weighted by molar-refractivity contribution is -0.204. The van der Waals surface area contributed by atoms with Gasteiger partial charge >= 0.3 is 5.97 Å². The monoisotopic (exact) mass is 184 g/mol. The molecular weight excluding hydrogens is 168 g/mol. The van der Waals surface area contributed by atoms with Crippen LogP contribution in [0.4, 0.5) is 0 Å². The molecule has 3 heteroatoms. The van der Waals surface area contributed by atoms with Crippen molar-refractivity contribution in [3.8, 4) is 0 Å². The molecule has 0 aromatic rings. The number of carbonyl (C=O) groups excluding carboxylic acids is 1. The van der Waals surface area contributed by atoms with Crippen LogP contribution in [0.2, 0.25) is 0 Å². The normalized spacial score (nSPS) is 50.1. The lowest BCUT2D eigenvalue weighted by Gasteiger charge is -2.35. The van der Waals surface area contributed by atoms with Gasteiger partial charge in [-0.05, 0) is 24.7 Å². The van der Waals surface area contributed by atoms with E-state index >= 15 is 0 Å². The molecule has 0 spiro atoms. The first-order valence-electron chi connectivity index (χ1n) is 5.00. The van der Waals surface area contributed by atoms with Gasteiger partial charge < -0.3 is 9.84 Å². The Morgan fingerprint density at radius 1 is 1.38 bits per heavy atom. The number of hydrogen-bond donors (Lipinski definition) is 1. The van der Waals surface area contributed by atoms with Crippen LogP contribution in [-0.4, -0.2) is 17.4 Å². The summed E-state index contributed by atoms with van der Waals surface area (Å²) in [6, 6.07) is 0. The summed E-state index contributed by atoms with van der Waals surface area (Å²) in [4.78, 5) is 11.5. The number of ether oxygens (including phenoxy) is 1. The number of rotatable bonds is 0. The quantitative estimate of drug-likeness (QED) is 0.575. The summed E-state index contributed by atoms with van der Waals surface area (Å²) in [5.74, 6) is 0.713. The Labute approximate surface area is 78.1 Å². The third kappa shape index (κ3) is 1.26. The van der Waals surface area contributed by atoms with Crippen LogP contribution in [0.1, 0.15) is 26.7 Å². The van der Waals surface area contributed by atoms with E-state index in [4.69, 9.17) is 4.74 Å². The molecule has 0 amide bonds. The summed E-state index contributed by atoms with van der Waals surface area (Å²) in [5, 5.41) is 9.44. The van der Waals surface area contributed by atoms with E-state index < -0.39 is 6.29 Å². The van der Waals surface area contributed by atoms with Crippen LogP contribution < -0.4 is 0 Å². The summed E-state index contributed by atoms with van der Waals surface area (Å²) in [6.45, 7) is 4.06. The lowest BCUT2D eigenvalue weighted by Crippen LogP contribution is -2.43. The van der Waals surface area contributed by atoms with Crippen molar-refractivity contribution in [3.05, 3.63) is 0 Å². The highest BCUT2D eigenvalue weighted by molar-refractivity contribution is 5.74. The topological polar surface area (TPSA) is 46.5 Å². The van der Waals surface area contributed by atoms with E-state index in [-0.39, 0.29) is 17.8 Å². The summed E-state index contributed by atoms with van der Waals surface area (Å²) in [5.41, 5.74) is 0. The van der Waals surface area contributed by atoms with Gasteiger partial charge in [0, 0.05) is 5.92 Å². The summed E-state index contributed by atoms with van der Waals surface area (Å²) >= 11 is 0. The Bertz CT molecular complexity index is 226. The maximum Gasteiger partial charge on any atom is 0.311 e. The third-order valence-corrected chi connectivity index (χ3v) is 3.66. The highest BCUT2D eigenvalue weighted by Crippen LogP contribution is 2.45. The second-order valence-corrected chi connectivity index (χ2v) is 4.43. The molecule has 0 aromatic heterocycles. The SMILES string of the molecule is CC1C(O)OC(=O)C2C1CC[C@@H]2C. The van der Waals surface area contributed by atoms with Gasteiger partial charge in [0.15, 0.2) is 0 Å². The second kappa shape index (κ2) is 2.98. The van der Waals surface area contributed by atoms with E-state index in [1.807, 2.05) is 6.92 Å². The molecule has 4 unspecified atom stereocenters. The zero-order valence-corrected chi connectivity index (χ0v) is 8.06. The molecule has 74 valence electrons. The molecule has 1 N–H and O–H groups in total. The average molecular weight is 184 g/mol. The van der Waals surface area contributed by atoms with E-state index in [2.05, 4.69) is 6.92 Å². The molecule has 1 heterocycles. The molecule has 13 heavy (non-hydrogen) atoms. The van der Waals surface area contributed by atoms with Crippen molar-refractivity contribution in [2.24, 2.45) is 23.7 Å². The third-order valence-electron chi connectivity index (χ3n) is 3.66. The molecule has 3 nitrogen and oxygen atoms in total. The van der Waals surface area contributed by atoms with Gasteiger partial charge in [0.1, 0.15) is 0 Å². The molecule has 0 radical (unpaired) electrons. The predicted octanol–water partition coefficient (Wildman–Crippen LogP) is 1.16. The molecular formula is C10H16O3. The van der Waals surface area contributed by atoms with E-state index in [0.29, 0.717) is 11.8 Å². The number of aliphatic hydroxyl groups is 1. The minimum Gasteiger partial charge on any atom is -0.435 e. The van der Waals surface area contributed by atoms with Crippen molar-refractivity contribution in [1.82, 2.24) is 0 Å². The Morgan fingerprint density at radius 3 is 2.77 bits per heavy atom. The van der Waals surface area contributed by atoms with Crippen LogP contribution in [0.25, 0.3) is 0 Å². The molecule has 5 atom stereocenters. The minimum absolute atomic E-state index is 0.0402. The fourth-order valence-electron chi connectivity index (χ4n) is 2.75. The van der Waals surface area contributed by atoms with Crippen molar-refractivity contribution >= 4 is 5.97 Å². The van der Waals surface area contributed by atoms with Gasteiger partial charge in [0.2, 0.25) is 6.29 Å². The van der Waals surface area contributed by atoms with Crippen LogP contribution in [0, 0.1) is 23.7 Å². The minimum atomic E-state index is -0.876. The second-order valence-electron chi connectivity index (χ2n) is 4.43. The van der Waals surface area contributed by atoms with Crippen molar-refractivity contribution in [2.45, 2.75) is 33.0 Å². The fraction of sp³-hybridized carbons (Fsp3) is 0.900. The lowest BCUT2D eigenvalue weighted by atomic mass is 9.80.